The molecule has 2 aromatic carbocycles. The first-order valence-corrected chi connectivity index (χ1v) is 9.63. The smallest absolute Gasteiger partial charge is 0.204 e. The quantitative estimate of drug-likeness (QED) is 0.436. The Balaban J connectivity index is 1.60. The van der Waals surface area contributed by atoms with Crippen LogP contribution in [-0.4, -0.2) is 30.6 Å². The van der Waals surface area contributed by atoms with Gasteiger partial charge in [0, 0.05) is 32.7 Å². The van der Waals surface area contributed by atoms with Crippen LogP contribution in [0.5, 0.6) is 0 Å². The third kappa shape index (κ3) is 3.53. The van der Waals surface area contributed by atoms with E-state index in [9.17, 15) is 4.79 Å². The minimum Gasteiger partial charge on any atom is -0.318 e. The summed E-state index contributed by atoms with van der Waals surface area (Å²) in [5.41, 5.74) is 4.43. The number of benzene rings is 2. The van der Waals surface area contributed by atoms with Gasteiger partial charge in [-0.2, -0.15) is 4.80 Å². The molecular formula is C21H18BrN5O. The summed E-state index contributed by atoms with van der Waals surface area (Å²) in [6.07, 6.45) is 0. The van der Waals surface area contributed by atoms with Crippen LogP contribution in [-0.2, 0) is 6.54 Å². The Kier molecular flexibility index (Phi) is 4.92. The number of aromatic nitrogens is 5. The minimum atomic E-state index is -0.0497. The lowest BCUT2D eigenvalue weighted by Crippen LogP contribution is -2.14. The van der Waals surface area contributed by atoms with Gasteiger partial charge >= 0.3 is 0 Å². The molecule has 0 N–H and O–H groups in total. The summed E-state index contributed by atoms with van der Waals surface area (Å²) in [4.78, 5) is 14.2. The molecule has 7 heteroatoms. The van der Waals surface area contributed by atoms with Crippen LogP contribution in [0.4, 0.5) is 0 Å². The molecular weight excluding hydrogens is 418 g/mol. The molecule has 0 saturated carbocycles. The van der Waals surface area contributed by atoms with E-state index in [1.54, 1.807) is 0 Å². The van der Waals surface area contributed by atoms with Crippen molar-refractivity contribution in [2.45, 2.75) is 20.4 Å². The van der Waals surface area contributed by atoms with Gasteiger partial charge in [0.25, 0.3) is 0 Å². The number of aryl methyl sites for hydroxylation is 1. The van der Waals surface area contributed by atoms with Crippen LogP contribution in [0.3, 0.4) is 0 Å². The molecule has 0 aliphatic carbocycles. The highest BCUT2D eigenvalue weighted by atomic mass is 79.9. The summed E-state index contributed by atoms with van der Waals surface area (Å²) >= 11 is 3.50. The van der Waals surface area contributed by atoms with Gasteiger partial charge in [-0.05, 0) is 43.3 Å². The second-order valence-corrected chi connectivity index (χ2v) is 7.45. The van der Waals surface area contributed by atoms with Crippen molar-refractivity contribution < 1.29 is 4.79 Å². The van der Waals surface area contributed by atoms with Gasteiger partial charge in [0.15, 0.2) is 5.78 Å². The summed E-state index contributed by atoms with van der Waals surface area (Å²) in [7, 11) is 0. The van der Waals surface area contributed by atoms with Crippen molar-refractivity contribution in [3.05, 3.63) is 82.1 Å². The van der Waals surface area contributed by atoms with Gasteiger partial charge in [0.05, 0.1) is 0 Å². The fraction of sp³-hybridized carbons (Fsp3) is 0.143. The number of carbonyl (C=O) groups is 1. The van der Waals surface area contributed by atoms with E-state index >= 15 is 0 Å². The fourth-order valence-corrected chi connectivity index (χ4v) is 3.67. The molecule has 0 fully saturated rings. The van der Waals surface area contributed by atoms with E-state index in [0.717, 1.165) is 27.1 Å². The number of tetrazole rings is 1. The van der Waals surface area contributed by atoms with Crippen molar-refractivity contribution in [2.75, 3.05) is 0 Å². The number of ketones is 1. The van der Waals surface area contributed by atoms with Gasteiger partial charge in [-0.15, -0.1) is 10.2 Å². The summed E-state index contributed by atoms with van der Waals surface area (Å²) in [5, 5.41) is 12.4. The average Bonchev–Trinajstić information content (AvgIpc) is 3.26. The van der Waals surface area contributed by atoms with Crippen molar-refractivity contribution in [3.8, 4) is 17.1 Å². The molecule has 2 aromatic heterocycles. The highest BCUT2D eigenvalue weighted by molar-refractivity contribution is 9.10. The summed E-state index contributed by atoms with van der Waals surface area (Å²) < 4.78 is 3.06. The molecule has 28 heavy (non-hydrogen) atoms. The SMILES string of the molecule is Cc1cc(C(=O)Cn2nnc(-c3ccccc3)n2)c(C)n1-c1cccc(Br)c1. The van der Waals surface area contributed by atoms with Gasteiger partial charge < -0.3 is 4.57 Å². The summed E-state index contributed by atoms with van der Waals surface area (Å²) in [6, 6.07) is 19.5. The minimum absolute atomic E-state index is 0.0443. The standard InChI is InChI=1S/C21H18BrN5O/c1-14-11-19(15(2)27(14)18-10-6-9-17(22)12-18)20(28)13-26-24-21(23-25-26)16-7-4-3-5-8-16/h3-12H,13H2,1-2H3. The van der Waals surface area contributed by atoms with E-state index in [4.69, 9.17) is 0 Å². The molecule has 0 spiro atoms. The highest BCUT2D eigenvalue weighted by Crippen LogP contribution is 2.24. The predicted molar refractivity (Wildman–Crippen MR) is 111 cm³/mol. The van der Waals surface area contributed by atoms with Crippen molar-refractivity contribution in [2.24, 2.45) is 0 Å². The maximum absolute atomic E-state index is 12.9. The lowest BCUT2D eigenvalue weighted by atomic mass is 10.1. The molecule has 6 nitrogen and oxygen atoms in total. The molecule has 0 aliphatic rings. The molecule has 0 aliphatic heterocycles. The number of hydrogen-bond donors (Lipinski definition) is 0. The van der Waals surface area contributed by atoms with Crippen molar-refractivity contribution >= 4 is 21.7 Å². The first-order chi connectivity index (χ1) is 13.5. The first-order valence-electron chi connectivity index (χ1n) is 8.84. The third-order valence-corrected chi connectivity index (χ3v) is 5.06. The number of Topliss-reactive ketones (excluding diaryl/α,β-unsaturated/α-hetero) is 1. The summed E-state index contributed by atoms with van der Waals surface area (Å²) in [6.45, 7) is 3.99. The third-order valence-electron chi connectivity index (χ3n) is 4.57. The molecule has 4 aromatic rings. The maximum Gasteiger partial charge on any atom is 0.204 e. The Bertz CT molecular complexity index is 1150. The van der Waals surface area contributed by atoms with Gasteiger partial charge in [0.1, 0.15) is 6.54 Å². The number of nitrogens with zero attached hydrogens (tertiary/aromatic N) is 5. The Hall–Kier alpha value is -3.06. The van der Waals surface area contributed by atoms with Gasteiger partial charge in [-0.3, -0.25) is 4.79 Å². The topological polar surface area (TPSA) is 65.6 Å². The van der Waals surface area contributed by atoms with E-state index in [0.29, 0.717) is 11.4 Å². The normalized spacial score (nSPS) is 11.0. The Morgan fingerprint density at radius 2 is 1.82 bits per heavy atom. The zero-order valence-electron chi connectivity index (χ0n) is 15.5. The van der Waals surface area contributed by atoms with E-state index in [2.05, 4.69) is 35.9 Å². The van der Waals surface area contributed by atoms with Crippen LogP contribution in [0.1, 0.15) is 21.7 Å². The van der Waals surface area contributed by atoms with Crippen molar-refractivity contribution in [1.82, 2.24) is 24.8 Å². The second-order valence-electron chi connectivity index (χ2n) is 6.53. The monoisotopic (exact) mass is 435 g/mol. The summed E-state index contributed by atoms with van der Waals surface area (Å²) in [5.74, 6) is 0.458. The number of hydrogen-bond acceptors (Lipinski definition) is 4. The molecule has 2 heterocycles. The lowest BCUT2D eigenvalue weighted by Gasteiger charge is -2.10. The van der Waals surface area contributed by atoms with Crippen LogP contribution in [0, 0.1) is 13.8 Å². The van der Waals surface area contributed by atoms with E-state index < -0.39 is 0 Å². The zero-order chi connectivity index (χ0) is 19.7. The van der Waals surface area contributed by atoms with Crippen LogP contribution >= 0.6 is 15.9 Å². The van der Waals surface area contributed by atoms with Gasteiger partial charge in [0.2, 0.25) is 5.82 Å². The lowest BCUT2D eigenvalue weighted by molar-refractivity contribution is 0.0961. The molecule has 0 bridgehead atoms. The Labute approximate surface area is 170 Å². The van der Waals surface area contributed by atoms with Crippen molar-refractivity contribution in [1.29, 1.82) is 0 Å². The molecule has 4 rings (SSSR count). The largest absolute Gasteiger partial charge is 0.318 e. The van der Waals surface area contributed by atoms with Crippen LogP contribution < -0.4 is 0 Å². The fourth-order valence-electron chi connectivity index (χ4n) is 3.28. The molecule has 140 valence electrons. The highest BCUT2D eigenvalue weighted by Gasteiger charge is 2.18. The Morgan fingerprint density at radius 3 is 2.57 bits per heavy atom. The van der Waals surface area contributed by atoms with Crippen LogP contribution in [0.25, 0.3) is 17.1 Å². The molecule has 0 unspecified atom stereocenters. The number of carbonyl (C=O) groups excluding carboxylic acids is 1. The number of halogens is 1. The van der Waals surface area contributed by atoms with Crippen molar-refractivity contribution in [3.63, 3.8) is 0 Å². The van der Waals surface area contributed by atoms with Crippen LogP contribution in [0.15, 0.2) is 65.1 Å². The van der Waals surface area contributed by atoms with Gasteiger partial charge in [-0.25, -0.2) is 0 Å². The molecule has 0 saturated heterocycles. The van der Waals surface area contributed by atoms with E-state index in [-0.39, 0.29) is 12.3 Å². The predicted octanol–water partition coefficient (Wildman–Crippen LogP) is 4.39. The number of rotatable bonds is 5. The molecule has 0 radical (unpaired) electrons. The Morgan fingerprint density at radius 1 is 1.04 bits per heavy atom. The second kappa shape index (κ2) is 7.52. The maximum atomic E-state index is 12.9. The van der Waals surface area contributed by atoms with Crippen LogP contribution in [0.2, 0.25) is 0 Å². The zero-order valence-corrected chi connectivity index (χ0v) is 17.1. The average molecular weight is 436 g/mol. The first kappa shape index (κ1) is 18.3. The van der Waals surface area contributed by atoms with E-state index in [1.807, 2.05) is 74.5 Å². The van der Waals surface area contributed by atoms with E-state index in [1.165, 1.54) is 4.80 Å². The molecule has 0 amide bonds. The van der Waals surface area contributed by atoms with Gasteiger partial charge in [-0.1, -0.05) is 52.3 Å². The molecule has 0 atom stereocenters.